The largest absolute Gasteiger partial charge is 0.497 e. The van der Waals surface area contributed by atoms with Gasteiger partial charge in [0.25, 0.3) is 5.91 Å². The summed E-state index contributed by atoms with van der Waals surface area (Å²) in [4.78, 5) is 29.1. The highest BCUT2D eigenvalue weighted by molar-refractivity contribution is 6.15. The normalized spacial score (nSPS) is 11.0. The Bertz CT molecular complexity index is 1400. The first kappa shape index (κ1) is 22.8. The molecule has 174 valence electrons. The number of fused-ring (bicyclic) bond motifs is 1. The third kappa shape index (κ3) is 4.17. The van der Waals surface area contributed by atoms with Crippen molar-refractivity contribution in [3.05, 3.63) is 70.8 Å². The van der Waals surface area contributed by atoms with Crippen LogP contribution in [0.2, 0.25) is 0 Å². The number of pyridine rings is 1. The van der Waals surface area contributed by atoms with Crippen molar-refractivity contribution < 1.29 is 18.7 Å². The number of aryl methyl sites for hydroxylation is 2. The minimum absolute atomic E-state index is 0.00398. The second-order valence-electron chi connectivity index (χ2n) is 7.66. The van der Waals surface area contributed by atoms with E-state index in [0.717, 1.165) is 17.4 Å². The molecule has 0 unspecified atom stereocenters. The molecule has 34 heavy (non-hydrogen) atoms. The monoisotopic (exact) mass is 462 g/mol. The second kappa shape index (κ2) is 9.26. The molecule has 0 saturated heterocycles. The number of halogens is 1. The molecule has 0 aliphatic heterocycles. The molecule has 0 aliphatic rings. The van der Waals surface area contributed by atoms with Crippen molar-refractivity contribution in [2.24, 2.45) is 11.5 Å². The number of carbonyl (C=O) groups excluding carboxylic acids is 2. The minimum Gasteiger partial charge on any atom is -0.497 e. The Morgan fingerprint density at radius 2 is 1.82 bits per heavy atom. The van der Waals surface area contributed by atoms with Crippen LogP contribution in [-0.4, -0.2) is 38.9 Å². The Labute approximate surface area is 194 Å². The molecule has 2 amide bonds. The first-order valence-corrected chi connectivity index (χ1v) is 10.6. The molecule has 4 aromatic rings. The lowest BCUT2D eigenvalue weighted by molar-refractivity contribution is 0.0996. The van der Waals surface area contributed by atoms with E-state index in [2.05, 4.69) is 15.3 Å². The van der Waals surface area contributed by atoms with Gasteiger partial charge in [0.1, 0.15) is 23.0 Å². The smallest absolute Gasteiger partial charge is 0.268 e. The van der Waals surface area contributed by atoms with Gasteiger partial charge in [0.15, 0.2) is 0 Å². The summed E-state index contributed by atoms with van der Waals surface area (Å²) in [5.41, 5.74) is 13.3. The molecule has 9 nitrogen and oxygen atoms in total. The standard InChI is InChI=1S/C24H23FN6O3/c1-3-18-21(29-30-31(18)11-10-13-4-7-15(34-2)8-5-13)20-19(23(26)32)16-9-6-14(25)12-17(16)28-22(20)24(27)33/h4-9,12H,3,10-11H2,1-2H3,(H2,26,32)(H2,27,33). The summed E-state index contributed by atoms with van der Waals surface area (Å²) in [7, 11) is 1.61. The van der Waals surface area contributed by atoms with Gasteiger partial charge in [-0.15, -0.1) is 5.10 Å². The summed E-state index contributed by atoms with van der Waals surface area (Å²) in [5.74, 6) is -1.51. The van der Waals surface area contributed by atoms with Gasteiger partial charge in [-0.2, -0.15) is 0 Å². The molecule has 4 N–H and O–H groups in total. The van der Waals surface area contributed by atoms with E-state index in [0.29, 0.717) is 36.2 Å². The molecule has 0 atom stereocenters. The molecule has 0 bridgehead atoms. The summed E-state index contributed by atoms with van der Waals surface area (Å²) in [6.45, 7) is 2.41. The van der Waals surface area contributed by atoms with Crippen LogP contribution >= 0.6 is 0 Å². The summed E-state index contributed by atoms with van der Waals surface area (Å²) in [6.07, 6.45) is 1.17. The molecule has 0 aliphatic carbocycles. The zero-order valence-electron chi connectivity index (χ0n) is 18.7. The van der Waals surface area contributed by atoms with Gasteiger partial charge in [-0.25, -0.2) is 14.1 Å². The fourth-order valence-corrected chi connectivity index (χ4v) is 3.99. The van der Waals surface area contributed by atoms with Crippen LogP contribution in [0.1, 0.15) is 39.0 Å². The molecule has 0 radical (unpaired) electrons. The maximum Gasteiger partial charge on any atom is 0.268 e. The van der Waals surface area contributed by atoms with Gasteiger partial charge in [0, 0.05) is 23.6 Å². The van der Waals surface area contributed by atoms with Crippen molar-refractivity contribution in [1.82, 2.24) is 20.0 Å². The number of aromatic nitrogens is 4. The topological polar surface area (TPSA) is 139 Å². The highest BCUT2D eigenvalue weighted by Crippen LogP contribution is 2.33. The third-order valence-corrected chi connectivity index (χ3v) is 5.61. The maximum absolute atomic E-state index is 13.8. The van der Waals surface area contributed by atoms with Crippen LogP contribution in [0.25, 0.3) is 22.2 Å². The highest BCUT2D eigenvalue weighted by atomic mass is 19.1. The summed E-state index contributed by atoms with van der Waals surface area (Å²) in [5, 5.41) is 8.82. The Morgan fingerprint density at radius 1 is 1.09 bits per heavy atom. The number of nitrogens with two attached hydrogens (primary N) is 2. The van der Waals surface area contributed by atoms with E-state index in [1.54, 1.807) is 11.8 Å². The number of hydrogen-bond acceptors (Lipinski definition) is 6. The fraction of sp³-hybridized carbons (Fsp3) is 0.208. The van der Waals surface area contributed by atoms with Gasteiger partial charge in [-0.3, -0.25) is 9.59 Å². The van der Waals surface area contributed by atoms with Crippen LogP contribution in [0, 0.1) is 5.82 Å². The predicted molar refractivity (Wildman–Crippen MR) is 124 cm³/mol. The van der Waals surface area contributed by atoms with E-state index in [4.69, 9.17) is 16.2 Å². The van der Waals surface area contributed by atoms with Crippen molar-refractivity contribution in [3.8, 4) is 17.0 Å². The van der Waals surface area contributed by atoms with Gasteiger partial charge in [-0.05, 0) is 42.7 Å². The van der Waals surface area contributed by atoms with Crippen molar-refractivity contribution in [3.63, 3.8) is 0 Å². The van der Waals surface area contributed by atoms with Crippen molar-refractivity contribution in [2.45, 2.75) is 26.3 Å². The first-order valence-electron chi connectivity index (χ1n) is 10.6. The first-order chi connectivity index (χ1) is 16.3. The SMILES string of the molecule is CCc1c(-c2c(C(N)=O)nc3cc(F)ccc3c2C(N)=O)nnn1CCc1ccc(OC)cc1. The number of nitrogens with zero attached hydrogens (tertiary/aromatic N) is 4. The molecular formula is C24H23FN6O3. The molecule has 10 heteroatoms. The number of carbonyl (C=O) groups is 2. The fourth-order valence-electron chi connectivity index (χ4n) is 3.99. The Morgan fingerprint density at radius 3 is 2.44 bits per heavy atom. The van der Waals surface area contributed by atoms with E-state index in [1.807, 2.05) is 31.2 Å². The van der Waals surface area contributed by atoms with Crippen molar-refractivity contribution in [1.29, 1.82) is 0 Å². The molecule has 0 spiro atoms. The second-order valence-corrected chi connectivity index (χ2v) is 7.66. The zero-order chi connectivity index (χ0) is 24.4. The number of amides is 2. The number of methoxy groups -OCH3 is 1. The lowest BCUT2D eigenvalue weighted by atomic mass is 9.95. The van der Waals surface area contributed by atoms with Gasteiger partial charge in [-0.1, -0.05) is 24.3 Å². The Balaban J connectivity index is 1.83. The molecule has 4 rings (SSSR count). The van der Waals surface area contributed by atoms with Crippen LogP contribution in [-0.2, 0) is 19.4 Å². The van der Waals surface area contributed by atoms with E-state index < -0.39 is 17.6 Å². The molecule has 2 heterocycles. The van der Waals surface area contributed by atoms with Crippen LogP contribution in [0.4, 0.5) is 4.39 Å². The predicted octanol–water partition coefficient (Wildman–Crippen LogP) is 2.64. The third-order valence-electron chi connectivity index (χ3n) is 5.61. The minimum atomic E-state index is -0.890. The molecular weight excluding hydrogens is 439 g/mol. The Kier molecular flexibility index (Phi) is 6.22. The van der Waals surface area contributed by atoms with Gasteiger partial charge < -0.3 is 16.2 Å². The zero-order valence-corrected chi connectivity index (χ0v) is 18.7. The van der Waals surface area contributed by atoms with E-state index in [1.165, 1.54) is 12.1 Å². The molecule has 0 saturated carbocycles. The molecule has 2 aromatic heterocycles. The van der Waals surface area contributed by atoms with Gasteiger partial charge >= 0.3 is 0 Å². The molecule has 2 aromatic carbocycles. The number of hydrogen-bond donors (Lipinski definition) is 2. The van der Waals surface area contributed by atoms with Crippen molar-refractivity contribution in [2.75, 3.05) is 7.11 Å². The van der Waals surface area contributed by atoms with E-state index >= 15 is 0 Å². The Hall–Kier alpha value is -4.34. The maximum atomic E-state index is 13.8. The van der Waals surface area contributed by atoms with Crippen molar-refractivity contribution >= 4 is 22.7 Å². The van der Waals surface area contributed by atoms with Crippen LogP contribution in [0.15, 0.2) is 42.5 Å². The van der Waals surface area contributed by atoms with Gasteiger partial charge in [0.2, 0.25) is 5.91 Å². The van der Waals surface area contributed by atoms with Crippen LogP contribution in [0.3, 0.4) is 0 Å². The van der Waals surface area contributed by atoms with Crippen LogP contribution < -0.4 is 16.2 Å². The van der Waals surface area contributed by atoms with E-state index in [9.17, 15) is 14.0 Å². The van der Waals surface area contributed by atoms with Gasteiger partial charge in [0.05, 0.1) is 23.9 Å². The average Bonchev–Trinajstić information content (AvgIpc) is 3.23. The number of rotatable bonds is 8. The average molecular weight is 462 g/mol. The van der Waals surface area contributed by atoms with E-state index in [-0.39, 0.29) is 22.3 Å². The number of primary amides is 2. The summed E-state index contributed by atoms with van der Waals surface area (Å²) < 4.78 is 20.7. The van der Waals surface area contributed by atoms with Crippen LogP contribution in [0.5, 0.6) is 5.75 Å². The number of benzene rings is 2. The highest BCUT2D eigenvalue weighted by Gasteiger charge is 2.27. The lowest BCUT2D eigenvalue weighted by Gasteiger charge is -2.14. The number of ether oxygens (including phenoxy) is 1. The quantitative estimate of drug-likeness (QED) is 0.413. The molecule has 0 fully saturated rings. The summed E-state index contributed by atoms with van der Waals surface area (Å²) >= 11 is 0. The summed E-state index contributed by atoms with van der Waals surface area (Å²) in [6, 6.07) is 11.4. The lowest BCUT2D eigenvalue weighted by Crippen LogP contribution is -2.21.